The van der Waals surface area contributed by atoms with Gasteiger partial charge in [-0.05, 0) is 37.3 Å². The van der Waals surface area contributed by atoms with E-state index in [1.165, 1.54) is 12.1 Å². The number of benzene rings is 2. The molecule has 0 saturated heterocycles. The standard InChI is InChI=1S/C14H17N3O3S/c1-2-20-12-5-3-4-10(8-12)17-11-6-7-14(13(15)9-11)21(16,18)19/h3-9,17H,2,15H2,1H3,(H2,16,18,19). The number of hydrogen-bond acceptors (Lipinski definition) is 5. The Hall–Kier alpha value is -2.25. The SMILES string of the molecule is CCOc1cccc(Nc2ccc(S(N)(=O)=O)c(N)c2)c1. The number of anilines is 3. The van der Waals surface area contributed by atoms with E-state index in [2.05, 4.69) is 5.32 Å². The Morgan fingerprint density at radius 1 is 1.14 bits per heavy atom. The molecule has 0 radical (unpaired) electrons. The molecule has 2 aromatic rings. The van der Waals surface area contributed by atoms with Crippen LogP contribution in [0.3, 0.4) is 0 Å². The third-order valence-electron chi connectivity index (χ3n) is 2.75. The average Bonchev–Trinajstić information content (AvgIpc) is 2.38. The Labute approximate surface area is 123 Å². The third kappa shape index (κ3) is 3.87. The van der Waals surface area contributed by atoms with Crippen LogP contribution in [0, 0.1) is 0 Å². The fourth-order valence-electron chi connectivity index (χ4n) is 1.88. The normalized spacial score (nSPS) is 11.1. The van der Waals surface area contributed by atoms with Gasteiger partial charge in [0.05, 0.1) is 12.3 Å². The summed E-state index contributed by atoms with van der Waals surface area (Å²) in [4.78, 5) is -0.0869. The van der Waals surface area contributed by atoms with Gasteiger partial charge < -0.3 is 15.8 Å². The van der Waals surface area contributed by atoms with Gasteiger partial charge in [0, 0.05) is 17.4 Å². The van der Waals surface area contributed by atoms with Gasteiger partial charge >= 0.3 is 0 Å². The van der Waals surface area contributed by atoms with Crippen molar-refractivity contribution in [1.82, 2.24) is 0 Å². The molecule has 112 valence electrons. The number of nitrogens with one attached hydrogen (secondary N) is 1. The fourth-order valence-corrected chi connectivity index (χ4v) is 2.53. The summed E-state index contributed by atoms with van der Waals surface area (Å²) in [7, 11) is -3.81. The van der Waals surface area contributed by atoms with E-state index in [-0.39, 0.29) is 10.6 Å². The number of nitrogens with two attached hydrogens (primary N) is 2. The maximum atomic E-state index is 11.3. The highest BCUT2D eigenvalue weighted by Crippen LogP contribution is 2.25. The zero-order valence-electron chi connectivity index (χ0n) is 11.5. The molecule has 2 rings (SSSR count). The second-order valence-electron chi connectivity index (χ2n) is 4.38. The lowest BCUT2D eigenvalue weighted by molar-refractivity contribution is 0.340. The van der Waals surface area contributed by atoms with Crippen LogP contribution in [0.1, 0.15) is 6.92 Å². The van der Waals surface area contributed by atoms with E-state index in [4.69, 9.17) is 15.6 Å². The molecule has 0 atom stereocenters. The van der Waals surface area contributed by atoms with Gasteiger partial charge in [-0.3, -0.25) is 0 Å². The lowest BCUT2D eigenvalue weighted by atomic mass is 10.2. The van der Waals surface area contributed by atoms with Gasteiger partial charge in [0.25, 0.3) is 0 Å². The monoisotopic (exact) mass is 307 g/mol. The second-order valence-corrected chi connectivity index (χ2v) is 5.91. The summed E-state index contributed by atoms with van der Waals surface area (Å²) in [5.74, 6) is 0.747. The topological polar surface area (TPSA) is 107 Å². The molecule has 0 fully saturated rings. The van der Waals surface area contributed by atoms with E-state index in [1.54, 1.807) is 6.07 Å². The minimum absolute atomic E-state index is 0.0869. The number of sulfonamides is 1. The molecule has 0 amide bonds. The van der Waals surface area contributed by atoms with Gasteiger partial charge in [0.15, 0.2) is 0 Å². The van der Waals surface area contributed by atoms with E-state index >= 15 is 0 Å². The molecule has 0 heterocycles. The first kappa shape index (κ1) is 15.1. The van der Waals surface area contributed by atoms with Crippen LogP contribution in [0.15, 0.2) is 47.4 Å². The van der Waals surface area contributed by atoms with Gasteiger partial charge in [-0.15, -0.1) is 0 Å². The highest BCUT2D eigenvalue weighted by Gasteiger charge is 2.12. The molecule has 7 heteroatoms. The van der Waals surface area contributed by atoms with Crippen LogP contribution in [0.4, 0.5) is 17.1 Å². The van der Waals surface area contributed by atoms with Gasteiger partial charge in [-0.1, -0.05) is 6.07 Å². The van der Waals surface area contributed by atoms with Crippen molar-refractivity contribution in [3.05, 3.63) is 42.5 Å². The smallest absolute Gasteiger partial charge is 0.240 e. The minimum Gasteiger partial charge on any atom is -0.494 e. The van der Waals surface area contributed by atoms with Crippen LogP contribution in [0.25, 0.3) is 0 Å². The van der Waals surface area contributed by atoms with Crippen LogP contribution in [0.5, 0.6) is 5.75 Å². The summed E-state index contributed by atoms with van der Waals surface area (Å²) < 4.78 is 28.0. The summed E-state index contributed by atoms with van der Waals surface area (Å²) in [6.07, 6.45) is 0. The Bertz CT molecular complexity index is 745. The van der Waals surface area contributed by atoms with Crippen LogP contribution >= 0.6 is 0 Å². The zero-order valence-corrected chi connectivity index (χ0v) is 12.4. The molecular weight excluding hydrogens is 290 g/mol. The third-order valence-corrected chi connectivity index (χ3v) is 3.73. The molecule has 0 aliphatic heterocycles. The van der Waals surface area contributed by atoms with Crippen LogP contribution < -0.4 is 20.9 Å². The minimum atomic E-state index is -3.81. The number of hydrogen-bond donors (Lipinski definition) is 3. The number of rotatable bonds is 5. The maximum Gasteiger partial charge on any atom is 0.240 e. The van der Waals surface area contributed by atoms with Crippen molar-refractivity contribution in [3.63, 3.8) is 0 Å². The summed E-state index contributed by atoms with van der Waals surface area (Å²) in [6.45, 7) is 2.49. The Morgan fingerprint density at radius 3 is 2.48 bits per heavy atom. The molecule has 0 spiro atoms. The Morgan fingerprint density at radius 2 is 1.86 bits per heavy atom. The quantitative estimate of drug-likeness (QED) is 0.733. The van der Waals surface area contributed by atoms with Crippen molar-refractivity contribution in [2.24, 2.45) is 5.14 Å². The molecule has 21 heavy (non-hydrogen) atoms. The molecule has 2 aromatic carbocycles. The van der Waals surface area contributed by atoms with E-state index in [1.807, 2.05) is 31.2 Å². The molecule has 0 aromatic heterocycles. The first-order chi connectivity index (χ1) is 9.90. The molecule has 0 aliphatic rings. The van der Waals surface area contributed by atoms with Crippen molar-refractivity contribution in [2.75, 3.05) is 17.7 Å². The molecule has 0 unspecified atom stereocenters. The Kier molecular flexibility index (Phi) is 4.35. The highest BCUT2D eigenvalue weighted by atomic mass is 32.2. The largest absolute Gasteiger partial charge is 0.494 e. The van der Waals surface area contributed by atoms with Crippen LogP contribution in [-0.2, 0) is 10.0 Å². The van der Waals surface area contributed by atoms with E-state index < -0.39 is 10.0 Å². The summed E-state index contributed by atoms with van der Waals surface area (Å²) in [5, 5.41) is 8.20. The zero-order chi connectivity index (χ0) is 15.5. The van der Waals surface area contributed by atoms with Crippen molar-refractivity contribution < 1.29 is 13.2 Å². The second kappa shape index (κ2) is 6.02. The lowest BCUT2D eigenvalue weighted by Crippen LogP contribution is -2.14. The lowest BCUT2D eigenvalue weighted by Gasteiger charge is -2.11. The predicted octanol–water partition coefficient (Wildman–Crippen LogP) is 2.06. The number of nitrogen functional groups attached to an aromatic ring is 1. The molecular formula is C14H17N3O3S. The van der Waals surface area contributed by atoms with Crippen LogP contribution in [-0.4, -0.2) is 15.0 Å². The summed E-state index contributed by atoms with van der Waals surface area (Å²) in [5.41, 5.74) is 7.29. The van der Waals surface area contributed by atoms with Gasteiger partial charge in [-0.25, -0.2) is 13.6 Å². The van der Waals surface area contributed by atoms with E-state index in [0.717, 1.165) is 11.4 Å². The Balaban J connectivity index is 2.24. The molecule has 5 N–H and O–H groups in total. The summed E-state index contributed by atoms with van der Waals surface area (Å²) in [6, 6.07) is 11.9. The highest BCUT2D eigenvalue weighted by molar-refractivity contribution is 7.89. The first-order valence-electron chi connectivity index (χ1n) is 6.32. The molecule has 0 bridgehead atoms. The van der Waals surface area contributed by atoms with Gasteiger partial charge in [0.1, 0.15) is 10.6 Å². The number of primary sulfonamides is 1. The van der Waals surface area contributed by atoms with Crippen molar-refractivity contribution in [3.8, 4) is 5.75 Å². The van der Waals surface area contributed by atoms with E-state index in [0.29, 0.717) is 12.3 Å². The molecule has 0 aliphatic carbocycles. The molecule has 0 saturated carbocycles. The van der Waals surface area contributed by atoms with Crippen molar-refractivity contribution in [1.29, 1.82) is 0 Å². The predicted molar refractivity (Wildman–Crippen MR) is 83.1 cm³/mol. The number of ether oxygens (including phenoxy) is 1. The van der Waals surface area contributed by atoms with Crippen molar-refractivity contribution in [2.45, 2.75) is 11.8 Å². The fraction of sp³-hybridized carbons (Fsp3) is 0.143. The maximum absolute atomic E-state index is 11.3. The van der Waals surface area contributed by atoms with Gasteiger partial charge in [-0.2, -0.15) is 0 Å². The van der Waals surface area contributed by atoms with Gasteiger partial charge in [0.2, 0.25) is 10.0 Å². The van der Waals surface area contributed by atoms with Crippen molar-refractivity contribution >= 4 is 27.1 Å². The molecule has 6 nitrogen and oxygen atoms in total. The average molecular weight is 307 g/mol. The summed E-state index contributed by atoms with van der Waals surface area (Å²) >= 11 is 0. The van der Waals surface area contributed by atoms with E-state index in [9.17, 15) is 8.42 Å². The van der Waals surface area contributed by atoms with Crippen LogP contribution in [0.2, 0.25) is 0 Å². The first-order valence-corrected chi connectivity index (χ1v) is 7.87.